The molecule has 1 amide bonds. The third-order valence-electron chi connectivity index (χ3n) is 4.10. The Kier molecular flexibility index (Phi) is 4.99. The van der Waals surface area contributed by atoms with Gasteiger partial charge in [-0.05, 0) is 30.5 Å². The van der Waals surface area contributed by atoms with Gasteiger partial charge in [-0.1, -0.05) is 12.1 Å². The lowest BCUT2D eigenvalue weighted by atomic mass is 10.1. The maximum Gasteiger partial charge on any atom is 0.264 e. The number of fused-ring (bicyclic) bond motifs is 1. The number of carbonyl (C=O) groups excluding carboxylic acids is 1. The van der Waals surface area contributed by atoms with E-state index in [1.165, 1.54) is 17.4 Å². The van der Waals surface area contributed by atoms with Crippen LogP contribution in [0.1, 0.15) is 33.1 Å². The summed E-state index contributed by atoms with van der Waals surface area (Å²) < 4.78 is 20.2. The summed E-state index contributed by atoms with van der Waals surface area (Å²) >= 11 is 2.94. The van der Waals surface area contributed by atoms with Crippen LogP contribution in [0, 0.1) is 5.82 Å². The minimum Gasteiger partial charge on any atom is -0.380 e. The van der Waals surface area contributed by atoms with Gasteiger partial charge in [0, 0.05) is 34.7 Å². The number of carbonyl (C=O) groups is 1. The summed E-state index contributed by atoms with van der Waals surface area (Å²) in [6, 6.07) is 8.86. The molecule has 0 fully saturated rings. The van der Waals surface area contributed by atoms with E-state index in [4.69, 9.17) is 4.74 Å². The van der Waals surface area contributed by atoms with Crippen molar-refractivity contribution in [1.29, 1.82) is 0 Å². The van der Waals surface area contributed by atoms with Gasteiger partial charge in [0.25, 0.3) is 5.91 Å². The average Bonchev–Trinajstić information content (AvgIpc) is 3.22. The highest BCUT2D eigenvalue weighted by molar-refractivity contribution is 7.21. The maximum atomic E-state index is 14.3. The Balaban J connectivity index is 2.03. The highest BCUT2D eigenvalue weighted by Gasteiger charge is 2.26. The second kappa shape index (κ2) is 7.01. The van der Waals surface area contributed by atoms with E-state index in [0.717, 1.165) is 9.58 Å². The topological polar surface area (TPSA) is 29.5 Å². The van der Waals surface area contributed by atoms with Crippen molar-refractivity contribution in [2.75, 3.05) is 14.2 Å². The number of hydrogen-bond acceptors (Lipinski definition) is 4. The van der Waals surface area contributed by atoms with Crippen LogP contribution in [-0.4, -0.2) is 25.0 Å². The highest BCUT2D eigenvalue weighted by Crippen LogP contribution is 2.36. The van der Waals surface area contributed by atoms with Gasteiger partial charge in [-0.15, -0.1) is 22.7 Å². The first-order chi connectivity index (χ1) is 11.5. The van der Waals surface area contributed by atoms with Gasteiger partial charge >= 0.3 is 0 Å². The van der Waals surface area contributed by atoms with Crippen molar-refractivity contribution in [3.8, 4) is 0 Å². The van der Waals surface area contributed by atoms with Crippen LogP contribution in [-0.2, 0) is 11.3 Å². The van der Waals surface area contributed by atoms with Gasteiger partial charge in [0.2, 0.25) is 0 Å². The van der Waals surface area contributed by atoms with Gasteiger partial charge in [-0.25, -0.2) is 4.39 Å². The lowest BCUT2D eigenvalue weighted by molar-refractivity contribution is 0.0745. The van der Waals surface area contributed by atoms with E-state index in [0.29, 0.717) is 15.8 Å². The third-order valence-corrected chi connectivity index (χ3v) is 6.33. The van der Waals surface area contributed by atoms with Crippen molar-refractivity contribution in [2.24, 2.45) is 0 Å². The number of nitrogens with zero attached hydrogens (tertiary/aromatic N) is 1. The fourth-order valence-electron chi connectivity index (χ4n) is 2.68. The van der Waals surface area contributed by atoms with Crippen molar-refractivity contribution in [2.45, 2.75) is 19.6 Å². The van der Waals surface area contributed by atoms with Crippen LogP contribution in [0.25, 0.3) is 10.1 Å². The van der Waals surface area contributed by atoms with Crippen LogP contribution in [0.5, 0.6) is 0 Å². The average molecular weight is 363 g/mol. The van der Waals surface area contributed by atoms with Gasteiger partial charge in [-0.3, -0.25) is 4.79 Å². The van der Waals surface area contributed by atoms with E-state index in [-0.39, 0.29) is 24.4 Å². The number of rotatable bonds is 5. The molecule has 0 aliphatic rings. The van der Waals surface area contributed by atoms with Crippen molar-refractivity contribution in [3.63, 3.8) is 0 Å². The van der Waals surface area contributed by atoms with Gasteiger partial charge in [0.05, 0.1) is 17.5 Å². The molecule has 1 atom stereocenters. The van der Waals surface area contributed by atoms with Gasteiger partial charge < -0.3 is 9.64 Å². The number of halogens is 1. The van der Waals surface area contributed by atoms with Crippen LogP contribution >= 0.6 is 22.7 Å². The molecule has 0 saturated carbocycles. The summed E-state index contributed by atoms with van der Waals surface area (Å²) in [6.45, 7) is 2.21. The third kappa shape index (κ3) is 2.97. The Morgan fingerprint density at radius 1 is 1.33 bits per heavy atom. The molecule has 6 heteroatoms. The summed E-state index contributed by atoms with van der Waals surface area (Å²) in [5.41, 5.74) is 0.630. The first-order valence-electron chi connectivity index (χ1n) is 7.54. The number of methoxy groups -OCH3 is 1. The van der Waals surface area contributed by atoms with Crippen LogP contribution in [0.2, 0.25) is 0 Å². The highest BCUT2D eigenvalue weighted by atomic mass is 32.1. The summed E-state index contributed by atoms with van der Waals surface area (Å²) in [7, 11) is 3.33. The second-order valence-electron chi connectivity index (χ2n) is 5.56. The van der Waals surface area contributed by atoms with Crippen LogP contribution in [0.15, 0.2) is 35.7 Å². The fraction of sp³-hybridized carbons (Fsp3) is 0.278. The normalized spacial score (nSPS) is 12.5. The number of amides is 1. The van der Waals surface area contributed by atoms with Crippen molar-refractivity contribution in [3.05, 3.63) is 56.8 Å². The number of benzene rings is 1. The monoisotopic (exact) mass is 363 g/mol. The predicted octanol–water partition coefficient (Wildman–Crippen LogP) is 5.08. The Labute approximate surface area is 148 Å². The molecule has 2 heterocycles. The summed E-state index contributed by atoms with van der Waals surface area (Å²) in [4.78, 5) is 16.4. The Hall–Kier alpha value is -1.76. The molecule has 0 N–H and O–H groups in total. The van der Waals surface area contributed by atoms with Gasteiger partial charge in [0.15, 0.2) is 0 Å². The first kappa shape index (κ1) is 17.1. The molecular weight excluding hydrogens is 345 g/mol. The molecule has 1 aromatic carbocycles. The molecule has 0 spiro atoms. The molecule has 0 bridgehead atoms. The first-order valence-corrected chi connectivity index (χ1v) is 9.23. The van der Waals surface area contributed by atoms with Crippen molar-refractivity contribution < 1.29 is 13.9 Å². The molecule has 0 radical (unpaired) electrons. The number of ether oxygens (including phenoxy) is 1. The smallest absolute Gasteiger partial charge is 0.264 e. The molecule has 126 valence electrons. The van der Waals surface area contributed by atoms with E-state index in [1.807, 2.05) is 30.5 Å². The Morgan fingerprint density at radius 3 is 2.79 bits per heavy atom. The lowest BCUT2D eigenvalue weighted by Gasteiger charge is -2.24. The second-order valence-corrected chi connectivity index (χ2v) is 7.59. The quantitative estimate of drug-likeness (QED) is 0.632. The Bertz CT molecular complexity index is 857. The summed E-state index contributed by atoms with van der Waals surface area (Å²) in [6.07, 6.45) is 0. The summed E-state index contributed by atoms with van der Waals surface area (Å²) in [5, 5.41) is 2.49. The number of hydrogen-bond donors (Lipinski definition) is 0. The molecule has 3 aromatic rings. The molecule has 0 aliphatic heterocycles. The molecule has 0 unspecified atom stereocenters. The zero-order valence-corrected chi connectivity index (χ0v) is 15.3. The molecule has 2 aromatic heterocycles. The molecular formula is C18H18FNO2S2. The SMILES string of the molecule is COCc1c(C(=O)N(C)[C@@H](C)c2cccs2)sc2cccc(F)c12. The van der Waals surface area contributed by atoms with Crippen molar-refractivity contribution in [1.82, 2.24) is 4.90 Å². The maximum absolute atomic E-state index is 14.3. The van der Waals surface area contributed by atoms with E-state index < -0.39 is 0 Å². The standard InChI is InChI=1S/C18H18FNO2S2/c1-11(14-8-5-9-23-14)20(2)18(21)17-12(10-22-3)16-13(19)6-4-7-15(16)24-17/h4-9,11H,10H2,1-3H3/t11-/m0/s1. The van der Waals surface area contributed by atoms with Crippen molar-refractivity contribution >= 4 is 38.7 Å². The number of thiophene rings is 2. The summed E-state index contributed by atoms with van der Waals surface area (Å²) in [5.74, 6) is -0.424. The van der Waals surface area contributed by atoms with Gasteiger partial charge in [-0.2, -0.15) is 0 Å². The molecule has 0 saturated heterocycles. The predicted molar refractivity (Wildman–Crippen MR) is 97.3 cm³/mol. The lowest BCUT2D eigenvalue weighted by Crippen LogP contribution is -2.29. The van der Waals surface area contributed by atoms with E-state index in [2.05, 4.69) is 0 Å². The van der Waals surface area contributed by atoms with Crippen LogP contribution < -0.4 is 0 Å². The Morgan fingerprint density at radius 2 is 2.12 bits per heavy atom. The zero-order valence-electron chi connectivity index (χ0n) is 13.7. The van der Waals surface area contributed by atoms with Crippen LogP contribution in [0.4, 0.5) is 4.39 Å². The largest absolute Gasteiger partial charge is 0.380 e. The molecule has 3 nitrogen and oxygen atoms in total. The van der Waals surface area contributed by atoms with E-state index >= 15 is 0 Å². The molecule has 0 aliphatic carbocycles. The fourth-order valence-corrected chi connectivity index (χ4v) is 4.71. The molecule has 24 heavy (non-hydrogen) atoms. The zero-order chi connectivity index (χ0) is 17.3. The van der Waals surface area contributed by atoms with E-state index in [1.54, 1.807) is 36.5 Å². The van der Waals surface area contributed by atoms with Gasteiger partial charge in [0.1, 0.15) is 5.82 Å². The molecule has 3 rings (SSSR count). The van der Waals surface area contributed by atoms with Crippen LogP contribution in [0.3, 0.4) is 0 Å². The minimum atomic E-state index is -0.316. The van der Waals surface area contributed by atoms with E-state index in [9.17, 15) is 9.18 Å². The minimum absolute atomic E-state index is 0.0389.